The predicted octanol–water partition coefficient (Wildman–Crippen LogP) is 4.27. The van der Waals surface area contributed by atoms with Gasteiger partial charge in [-0.3, -0.25) is 9.59 Å². The Kier molecular flexibility index (Phi) is 9.67. The summed E-state index contributed by atoms with van der Waals surface area (Å²) in [6, 6.07) is 15.2. The number of methoxy groups -OCH3 is 1. The average Bonchev–Trinajstić information content (AvgIpc) is 2.87. The number of ether oxygens (including phenoxy) is 3. The maximum atomic E-state index is 13.8. The van der Waals surface area contributed by atoms with Gasteiger partial charge in [-0.1, -0.05) is 42.5 Å². The third kappa shape index (κ3) is 8.35. The predicted molar refractivity (Wildman–Crippen MR) is 130 cm³/mol. The van der Waals surface area contributed by atoms with Crippen molar-refractivity contribution in [2.24, 2.45) is 0 Å². The highest BCUT2D eigenvalue weighted by molar-refractivity contribution is 5.69. The van der Waals surface area contributed by atoms with Gasteiger partial charge in [-0.2, -0.15) is 18.3 Å². The lowest BCUT2D eigenvalue weighted by Crippen LogP contribution is -2.34. The third-order valence-corrected chi connectivity index (χ3v) is 5.28. The van der Waals surface area contributed by atoms with Crippen LogP contribution < -0.4 is 15.6 Å². The number of aromatic nitrogens is 2. The van der Waals surface area contributed by atoms with Gasteiger partial charge in [-0.15, -0.1) is 0 Å². The van der Waals surface area contributed by atoms with Crippen LogP contribution in [0.4, 0.5) is 18.9 Å². The number of hydrogen-bond donors (Lipinski definition) is 1. The maximum absolute atomic E-state index is 13.8. The van der Waals surface area contributed by atoms with Gasteiger partial charge >= 0.3 is 12.1 Å². The first-order chi connectivity index (χ1) is 17.7. The van der Waals surface area contributed by atoms with E-state index >= 15 is 0 Å². The molecule has 1 N–H and O–H groups in total. The number of hydrogen-bond acceptors (Lipinski definition) is 7. The number of nitrogens with one attached hydrogen (secondary N) is 1. The Balaban J connectivity index is 1.55. The summed E-state index contributed by atoms with van der Waals surface area (Å²) in [6.45, 7) is 1.64. The summed E-state index contributed by atoms with van der Waals surface area (Å²) in [6.07, 6.45) is -3.92. The summed E-state index contributed by atoms with van der Waals surface area (Å²) in [5.41, 5.74) is -1.60. The van der Waals surface area contributed by atoms with E-state index in [4.69, 9.17) is 14.2 Å². The normalized spacial score (nSPS) is 12.1. The maximum Gasteiger partial charge on any atom is 0.423 e. The topological polar surface area (TPSA) is 91.7 Å². The van der Waals surface area contributed by atoms with E-state index in [1.165, 1.54) is 7.11 Å². The van der Waals surface area contributed by atoms with Crippen molar-refractivity contribution in [1.29, 1.82) is 0 Å². The number of carbonyl (C=O) groups is 1. The molecule has 0 radical (unpaired) electrons. The molecule has 0 aliphatic rings. The van der Waals surface area contributed by atoms with E-state index in [2.05, 4.69) is 10.4 Å². The van der Waals surface area contributed by atoms with Crippen molar-refractivity contribution in [3.8, 4) is 5.75 Å². The van der Waals surface area contributed by atoms with Crippen molar-refractivity contribution in [3.05, 3.63) is 87.8 Å². The van der Waals surface area contributed by atoms with E-state index in [9.17, 15) is 22.8 Å². The summed E-state index contributed by atoms with van der Waals surface area (Å²) >= 11 is 0. The van der Waals surface area contributed by atoms with Gasteiger partial charge in [0.15, 0.2) is 0 Å². The molecule has 1 heterocycles. The second-order valence-corrected chi connectivity index (χ2v) is 8.26. The summed E-state index contributed by atoms with van der Waals surface area (Å²) in [7, 11) is 1.50. The molecule has 0 bridgehead atoms. The number of alkyl halides is 3. The first kappa shape index (κ1) is 27.7. The largest absolute Gasteiger partial charge is 0.497 e. The van der Waals surface area contributed by atoms with Crippen LogP contribution >= 0.6 is 0 Å². The molecule has 3 rings (SSSR count). The summed E-state index contributed by atoms with van der Waals surface area (Å²) in [4.78, 5) is 24.5. The van der Waals surface area contributed by atoms with Crippen LogP contribution in [0.2, 0.25) is 0 Å². The molecule has 0 saturated carbocycles. The average molecular weight is 520 g/mol. The van der Waals surface area contributed by atoms with Crippen LogP contribution in [0.5, 0.6) is 5.75 Å². The highest BCUT2D eigenvalue weighted by atomic mass is 19.4. The lowest BCUT2D eigenvalue weighted by Gasteiger charge is -2.19. The van der Waals surface area contributed by atoms with E-state index < -0.39 is 35.0 Å². The lowest BCUT2D eigenvalue weighted by atomic mass is 10.2. The van der Waals surface area contributed by atoms with E-state index in [-0.39, 0.29) is 32.8 Å². The molecule has 3 aromatic rings. The van der Waals surface area contributed by atoms with Gasteiger partial charge in [-0.25, -0.2) is 4.68 Å². The van der Waals surface area contributed by atoms with Crippen LogP contribution in [0.1, 0.15) is 30.0 Å². The molecule has 0 aliphatic carbocycles. The van der Waals surface area contributed by atoms with Crippen LogP contribution in [-0.2, 0) is 33.6 Å². The minimum absolute atomic E-state index is 0.00179. The molecule has 0 saturated heterocycles. The fourth-order valence-corrected chi connectivity index (χ4v) is 3.42. The Labute approximate surface area is 212 Å². The van der Waals surface area contributed by atoms with E-state index in [0.29, 0.717) is 11.3 Å². The molecule has 2 aromatic carbocycles. The number of esters is 1. The van der Waals surface area contributed by atoms with Crippen molar-refractivity contribution in [3.63, 3.8) is 0 Å². The summed E-state index contributed by atoms with van der Waals surface area (Å²) in [5, 5.41) is 6.56. The standard InChI is InChI=1S/C26H28F3N3O5/c1-18(16-36-13-12-23(33)37-17-20-6-4-3-5-7-20)31-22-14-30-32(25(34)24(22)26(27,28)29)15-19-8-10-21(35-2)11-9-19/h3-11,14,18,31H,12-13,15-17H2,1-2H3/t18-/m0/s1. The highest BCUT2D eigenvalue weighted by Gasteiger charge is 2.38. The molecule has 0 spiro atoms. The zero-order chi connectivity index (χ0) is 26.8. The Morgan fingerprint density at radius 1 is 1.08 bits per heavy atom. The fraction of sp³-hybridized carbons (Fsp3) is 0.346. The van der Waals surface area contributed by atoms with Crippen LogP contribution in [0.3, 0.4) is 0 Å². The Morgan fingerprint density at radius 2 is 1.78 bits per heavy atom. The first-order valence-electron chi connectivity index (χ1n) is 11.5. The molecular weight excluding hydrogens is 491 g/mol. The van der Waals surface area contributed by atoms with Crippen molar-refractivity contribution >= 4 is 11.7 Å². The quantitative estimate of drug-likeness (QED) is 0.282. The molecule has 198 valence electrons. The molecule has 1 atom stereocenters. The third-order valence-electron chi connectivity index (χ3n) is 5.28. The second-order valence-electron chi connectivity index (χ2n) is 8.26. The molecule has 0 aliphatic heterocycles. The molecule has 0 fully saturated rings. The number of rotatable bonds is 12. The lowest BCUT2D eigenvalue weighted by molar-refractivity contribution is -0.146. The van der Waals surface area contributed by atoms with Crippen LogP contribution in [0.15, 0.2) is 65.6 Å². The zero-order valence-corrected chi connectivity index (χ0v) is 20.5. The Bertz CT molecular complexity index is 1210. The monoisotopic (exact) mass is 519 g/mol. The minimum Gasteiger partial charge on any atom is -0.497 e. The van der Waals surface area contributed by atoms with E-state index in [1.807, 2.05) is 30.3 Å². The molecule has 0 amide bonds. The van der Waals surface area contributed by atoms with Crippen LogP contribution in [-0.4, -0.2) is 42.1 Å². The highest BCUT2D eigenvalue weighted by Crippen LogP contribution is 2.32. The smallest absolute Gasteiger partial charge is 0.423 e. The van der Waals surface area contributed by atoms with Crippen molar-refractivity contribution in [1.82, 2.24) is 9.78 Å². The molecule has 1 aromatic heterocycles. The molecule has 0 unspecified atom stereocenters. The van der Waals surface area contributed by atoms with Crippen LogP contribution in [0, 0.1) is 0 Å². The zero-order valence-electron chi connectivity index (χ0n) is 20.5. The van der Waals surface area contributed by atoms with E-state index in [1.54, 1.807) is 31.2 Å². The van der Waals surface area contributed by atoms with Gasteiger partial charge in [0.2, 0.25) is 0 Å². The minimum atomic E-state index is -4.90. The van der Waals surface area contributed by atoms with Gasteiger partial charge in [-0.05, 0) is 30.2 Å². The molecule has 11 heteroatoms. The second kappa shape index (κ2) is 12.9. The van der Waals surface area contributed by atoms with Crippen molar-refractivity contribution in [2.45, 2.75) is 38.7 Å². The molecule has 37 heavy (non-hydrogen) atoms. The summed E-state index contributed by atoms with van der Waals surface area (Å²) < 4.78 is 57.7. The van der Waals surface area contributed by atoms with Gasteiger partial charge in [0.25, 0.3) is 5.56 Å². The summed E-state index contributed by atoms with van der Waals surface area (Å²) in [5.74, 6) is 0.133. The number of nitrogens with zero attached hydrogens (tertiary/aromatic N) is 2. The number of halogens is 3. The SMILES string of the molecule is COc1ccc(Cn2ncc(N[C@@H](C)COCCC(=O)OCc3ccccc3)c(C(F)(F)F)c2=O)cc1. The Morgan fingerprint density at radius 3 is 2.43 bits per heavy atom. The molecule has 8 nitrogen and oxygen atoms in total. The number of carbonyl (C=O) groups excluding carboxylic acids is 1. The van der Waals surface area contributed by atoms with Gasteiger partial charge < -0.3 is 19.5 Å². The van der Waals surface area contributed by atoms with E-state index in [0.717, 1.165) is 16.4 Å². The Hall–Kier alpha value is -3.86. The van der Waals surface area contributed by atoms with Crippen LogP contribution in [0.25, 0.3) is 0 Å². The van der Waals surface area contributed by atoms with Crippen molar-refractivity contribution < 1.29 is 32.2 Å². The first-order valence-corrected chi connectivity index (χ1v) is 11.5. The van der Waals surface area contributed by atoms with Gasteiger partial charge in [0.05, 0.1) is 45.2 Å². The molecular formula is C26H28F3N3O5. The number of benzene rings is 2. The fourth-order valence-electron chi connectivity index (χ4n) is 3.42. The van der Waals surface area contributed by atoms with Gasteiger partial charge in [0, 0.05) is 6.04 Å². The van der Waals surface area contributed by atoms with Crippen molar-refractivity contribution in [2.75, 3.05) is 25.6 Å². The van der Waals surface area contributed by atoms with Gasteiger partial charge in [0.1, 0.15) is 17.9 Å². The number of anilines is 1.